The molecule has 2 aromatic heterocycles. The number of hydrogen-bond donors (Lipinski definition) is 0. The van der Waals surface area contributed by atoms with Crippen LogP contribution in [-0.4, -0.2) is 9.97 Å². The van der Waals surface area contributed by atoms with Crippen molar-refractivity contribution in [3.05, 3.63) is 217 Å². The summed E-state index contributed by atoms with van der Waals surface area (Å²) in [5, 5.41) is 4.61. The molecule has 9 aromatic carbocycles. The highest BCUT2D eigenvalue weighted by Crippen LogP contribution is 2.52. The molecule has 0 N–H and O–H groups in total. The Kier molecular flexibility index (Phi) is 8.20. The summed E-state index contributed by atoms with van der Waals surface area (Å²) >= 11 is 0. The number of benzene rings is 9. The lowest BCUT2D eigenvalue weighted by Crippen LogP contribution is -2.14. The predicted octanol–water partition coefficient (Wildman–Crippen LogP) is 15.8. The van der Waals surface area contributed by atoms with Crippen molar-refractivity contribution in [3.63, 3.8) is 0 Å². The quantitative estimate of drug-likeness (QED) is 0.168. The van der Waals surface area contributed by atoms with Crippen LogP contribution in [0.15, 0.2) is 211 Å². The molecule has 1 aliphatic rings. The van der Waals surface area contributed by atoms with Crippen LogP contribution in [0.1, 0.15) is 25.0 Å². The van der Waals surface area contributed by atoms with Crippen LogP contribution in [0.4, 0.5) is 0 Å². The van der Waals surface area contributed by atoms with E-state index in [0.717, 1.165) is 72.3 Å². The minimum atomic E-state index is -0.0591. The van der Waals surface area contributed by atoms with Crippen molar-refractivity contribution in [2.45, 2.75) is 19.3 Å². The third-order valence-electron chi connectivity index (χ3n) is 12.9. The summed E-state index contributed by atoms with van der Waals surface area (Å²) in [6.45, 7) is 4.67. The Hall–Kier alpha value is -7.88. The normalized spacial score (nSPS) is 12.8. The molecule has 3 heteroatoms. The topological polar surface area (TPSA) is 38.9 Å². The van der Waals surface area contributed by atoms with Crippen molar-refractivity contribution in [2.75, 3.05) is 0 Å². The third kappa shape index (κ3) is 5.81. The van der Waals surface area contributed by atoms with Gasteiger partial charge in [-0.05, 0) is 91.2 Å². The molecular formula is C59H40N2O. The van der Waals surface area contributed by atoms with E-state index in [0.29, 0.717) is 5.82 Å². The van der Waals surface area contributed by atoms with Crippen molar-refractivity contribution in [1.82, 2.24) is 9.97 Å². The van der Waals surface area contributed by atoms with E-state index in [4.69, 9.17) is 14.4 Å². The maximum absolute atomic E-state index is 6.62. The molecule has 0 saturated heterocycles. The second kappa shape index (κ2) is 14.1. The van der Waals surface area contributed by atoms with Gasteiger partial charge in [0.2, 0.25) is 0 Å². The van der Waals surface area contributed by atoms with E-state index in [1.54, 1.807) is 0 Å². The van der Waals surface area contributed by atoms with Crippen LogP contribution in [0.3, 0.4) is 0 Å². The fraction of sp³-hybridized carbons (Fsp3) is 0.0508. The lowest BCUT2D eigenvalue weighted by atomic mass is 9.82. The second-order valence-electron chi connectivity index (χ2n) is 16.9. The zero-order valence-corrected chi connectivity index (χ0v) is 34.4. The first kappa shape index (κ1) is 36.0. The summed E-state index contributed by atoms with van der Waals surface area (Å²) in [6.07, 6.45) is 0. The van der Waals surface area contributed by atoms with Crippen molar-refractivity contribution in [3.8, 4) is 78.4 Å². The van der Waals surface area contributed by atoms with Crippen molar-refractivity contribution >= 4 is 32.7 Å². The van der Waals surface area contributed by atoms with Crippen LogP contribution in [0.2, 0.25) is 0 Å². The SMILES string of the molecule is CC1(C)c2ccccc2-c2c(-c3ccc(-c4cc(-c5cc(-c6cccc7ccccc67)cc(-c6cccc7c6oc6ccccc67)c5)nc(-c5ccccc5)n4)cc3)cccc21. The minimum Gasteiger partial charge on any atom is -0.455 e. The van der Waals surface area contributed by atoms with Crippen molar-refractivity contribution in [2.24, 2.45) is 0 Å². The van der Waals surface area contributed by atoms with Gasteiger partial charge < -0.3 is 4.42 Å². The van der Waals surface area contributed by atoms with Gasteiger partial charge in [0.1, 0.15) is 11.2 Å². The van der Waals surface area contributed by atoms with Gasteiger partial charge in [0, 0.05) is 38.4 Å². The lowest BCUT2D eigenvalue weighted by molar-refractivity contribution is 0.660. The molecular weight excluding hydrogens is 753 g/mol. The van der Waals surface area contributed by atoms with E-state index in [2.05, 4.69) is 190 Å². The van der Waals surface area contributed by atoms with Gasteiger partial charge in [0.05, 0.1) is 11.4 Å². The Balaban J connectivity index is 1.04. The molecule has 2 heterocycles. The van der Waals surface area contributed by atoms with E-state index < -0.39 is 0 Å². The highest BCUT2D eigenvalue weighted by Gasteiger charge is 2.36. The zero-order chi connectivity index (χ0) is 41.4. The van der Waals surface area contributed by atoms with E-state index >= 15 is 0 Å². The summed E-state index contributed by atoms with van der Waals surface area (Å²) in [5.41, 5.74) is 18.6. The standard InChI is InChI=1S/C59H40N2O/c1-59(2)51-26-10-8-21-50(51)56-46(23-14-27-52(56)59)38-29-31-39(32-30-38)53-36-54(61-58(60-53)40-16-4-3-5-17-40)43-34-41(45-22-12-18-37-15-6-7-19-44(37)45)33-42(35-43)47-24-13-25-49-48-20-9-11-28-55(48)62-57(47)49/h3-36H,1-2H3. The molecule has 0 aliphatic heterocycles. The summed E-state index contributed by atoms with van der Waals surface area (Å²) in [5.74, 6) is 0.679. The van der Waals surface area contributed by atoms with Gasteiger partial charge in [-0.25, -0.2) is 9.97 Å². The van der Waals surface area contributed by atoms with Gasteiger partial charge in [0.15, 0.2) is 5.82 Å². The zero-order valence-electron chi connectivity index (χ0n) is 34.4. The first-order chi connectivity index (χ1) is 30.5. The maximum Gasteiger partial charge on any atom is 0.160 e. The van der Waals surface area contributed by atoms with Gasteiger partial charge in [-0.2, -0.15) is 0 Å². The predicted molar refractivity (Wildman–Crippen MR) is 257 cm³/mol. The number of furan rings is 1. The van der Waals surface area contributed by atoms with Crippen LogP contribution in [-0.2, 0) is 5.41 Å². The van der Waals surface area contributed by atoms with E-state index in [9.17, 15) is 0 Å². The van der Waals surface area contributed by atoms with E-state index in [-0.39, 0.29) is 5.41 Å². The first-order valence-electron chi connectivity index (χ1n) is 21.3. The Bertz CT molecular complexity index is 3540. The Morgan fingerprint density at radius 2 is 0.935 bits per heavy atom. The minimum absolute atomic E-state index is 0.0591. The van der Waals surface area contributed by atoms with Crippen LogP contribution < -0.4 is 0 Å². The molecule has 0 spiro atoms. The number of para-hydroxylation sites is 2. The molecule has 0 saturated carbocycles. The van der Waals surface area contributed by atoms with E-state index in [1.165, 1.54) is 44.2 Å². The van der Waals surface area contributed by atoms with Crippen LogP contribution in [0.25, 0.3) is 111 Å². The van der Waals surface area contributed by atoms with Crippen molar-refractivity contribution in [1.29, 1.82) is 0 Å². The second-order valence-corrected chi connectivity index (χ2v) is 16.9. The summed E-state index contributed by atoms with van der Waals surface area (Å²) < 4.78 is 6.62. The molecule has 0 radical (unpaired) electrons. The van der Waals surface area contributed by atoms with Gasteiger partial charge in [0.25, 0.3) is 0 Å². The number of hydrogen-bond acceptors (Lipinski definition) is 3. The van der Waals surface area contributed by atoms with Crippen LogP contribution in [0, 0.1) is 0 Å². The largest absolute Gasteiger partial charge is 0.455 e. The van der Waals surface area contributed by atoms with E-state index in [1.807, 2.05) is 30.3 Å². The van der Waals surface area contributed by atoms with Gasteiger partial charge in [-0.3, -0.25) is 0 Å². The van der Waals surface area contributed by atoms with Gasteiger partial charge in [-0.1, -0.05) is 190 Å². The van der Waals surface area contributed by atoms with Crippen LogP contribution in [0.5, 0.6) is 0 Å². The smallest absolute Gasteiger partial charge is 0.160 e. The molecule has 62 heavy (non-hydrogen) atoms. The number of rotatable bonds is 6. The number of nitrogens with zero attached hydrogens (tertiary/aromatic N) is 2. The molecule has 0 atom stereocenters. The summed E-state index contributed by atoms with van der Waals surface area (Å²) in [7, 11) is 0. The Morgan fingerprint density at radius 1 is 0.371 bits per heavy atom. The molecule has 1 aliphatic carbocycles. The molecule has 292 valence electrons. The fourth-order valence-electron chi connectivity index (χ4n) is 9.81. The highest BCUT2D eigenvalue weighted by atomic mass is 16.3. The third-order valence-corrected chi connectivity index (χ3v) is 12.9. The average molecular weight is 793 g/mol. The molecule has 0 bridgehead atoms. The van der Waals surface area contributed by atoms with Crippen LogP contribution >= 0.6 is 0 Å². The highest BCUT2D eigenvalue weighted by molar-refractivity contribution is 6.10. The van der Waals surface area contributed by atoms with Gasteiger partial charge in [-0.15, -0.1) is 0 Å². The molecule has 0 fully saturated rings. The lowest BCUT2D eigenvalue weighted by Gasteiger charge is -2.21. The Labute approximate surface area is 360 Å². The molecule has 0 unspecified atom stereocenters. The number of aromatic nitrogens is 2. The Morgan fingerprint density at radius 3 is 1.79 bits per heavy atom. The summed E-state index contributed by atoms with van der Waals surface area (Å²) in [6, 6.07) is 73.7. The molecule has 3 nitrogen and oxygen atoms in total. The monoisotopic (exact) mass is 792 g/mol. The summed E-state index contributed by atoms with van der Waals surface area (Å²) in [4.78, 5) is 10.6. The maximum atomic E-state index is 6.62. The van der Waals surface area contributed by atoms with Gasteiger partial charge >= 0.3 is 0 Å². The number of fused-ring (bicyclic) bond motifs is 7. The average Bonchev–Trinajstić information content (AvgIpc) is 3.83. The first-order valence-corrected chi connectivity index (χ1v) is 21.3. The molecule has 11 aromatic rings. The molecule has 12 rings (SSSR count). The molecule has 0 amide bonds. The van der Waals surface area contributed by atoms with Crippen molar-refractivity contribution < 1.29 is 4.42 Å². The fourth-order valence-corrected chi connectivity index (χ4v) is 9.81.